The number of amidine groups is 1. The number of hydrogen-bond acceptors (Lipinski definition) is 3. The van der Waals surface area contributed by atoms with Gasteiger partial charge in [-0.3, -0.25) is 14.7 Å². The fourth-order valence-corrected chi connectivity index (χ4v) is 4.13. The van der Waals surface area contributed by atoms with E-state index in [9.17, 15) is 9.18 Å². The molecule has 0 N–H and O–H groups in total. The van der Waals surface area contributed by atoms with Crippen LogP contribution in [0.3, 0.4) is 0 Å². The summed E-state index contributed by atoms with van der Waals surface area (Å²) >= 11 is 7.61. The van der Waals surface area contributed by atoms with Crippen LogP contribution in [0, 0.1) is 5.82 Å². The standard InChI is InChI=1S/C19H18ClFN2OS/c1-13(24)23-11-5-10-22-19(23)14-6-2-3-9-18(14)25-12-15-16(20)7-4-8-17(15)21/h2-4,6-9H,5,10-12H2,1H3. The zero-order valence-electron chi connectivity index (χ0n) is 13.8. The van der Waals surface area contributed by atoms with E-state index in [4.69, 9.17) is 11.6 Å². The van der Waals surface area contributed by atoms with Gasteiger partial charge in [0.15, 0.2) is 0 Å². The Balaban J connectivity index is 1.89. The summed E-state index contributed by atoms with van der Waals surface area (Å²) < 4.78 is 14.0. The van der Waals surface area contributed by atoms with E-state index in [1.807, 2.05) is 24.3 Å². The van der Waals surface area contributed by atoms with Gasteiger partial charge in [0.25, 0.3) is 0 Å². The maximum absolute atomic E-state index is 14.0. The van der Waals surface area contributed by atoms with Crippen molar-refractivity contribution in [2.45, 2.75) is 24.0 Å². The van der Waals surface area contributed by atoms with Crippen LogP contribution in [0.15, 0.2) is 52.4 Å². The Bertz CT molecular complexity index is 805. The molecule has 1 heterocycles. The van der Waals surface area contributed by atoms with E-state index >= 15 is 0 Å². The van der Waals surface area contributed by atoms with Crippen LogP contribution in [-0.4, -0.2) is 29.7 Å². The molecule has 2 aromatic rings. The number of carbonyl (C=O) groups excluding carboxylic acids is 1. The topological polar surface area (TPSA) is 32.7 Å². The molecule has 0 saturated heterocycles. The Hall–Kier alpha value is -1.85. The number of benzene rings is 2. The normalized spacial score (nSPS) is 14.4. The molecule has 25 heavy (non-hydrogen) atoms. The number of hydrogen-bond donors (Lipinski definition) is 0. The van der Waals surface area contributed by atoms with Crippen molar-refractivity contribution < 1.29 is 9.18 Å². The molecule has 0 atom stereocenters. The van der Waals surface area contributed by atoms with E-state index in [1.54, 1.807) is 24.0 Å². The van der Waals surface area contributed by atoms with Crippen molar-refractivity contribution in [3.05, 3.63) is 64.4 Å². The van der Waals surface area contributed by atoms with E-state index in [-0.39, 0.29) is 11.7 Å². The molecule has 6 heteroatoms. The Kier molecular flexibility index (Phi) is 5.76. The van der Waals surface area contributed by atoms with Gasteiger partial charge in [0.05, 0.1) is 0 Å². The molecular formula is C19H18ClFN2OS. The third-order valence-corrected chi connectivity index (χ3v) is 5.45. The van der Waals surface area contributed by atoms with Crippen molar-refractivity contribution in [2.75, 3.05) is 13.1 Å². The molecule has 0 fully saturated rings. The SMILES string of the molecule is CC(=O)N1CCCN=C1c1ccccc1SCc1c(F)cccc1Cl. The fourth-order valence-electron chi connectivity index (χ4n) is 2.74. The van der Waals surface area contributed by atoms with Crippen molar-refractivity contribution in [3.8, 4) is 0 Å². The lowest BCUT2D eigenvalue weighted by atomic mass is 10.1. The van der Waals surface area contributed by atoms with Gasteiger partial charge in [0.1, 0.15) is 11.7 Å². The Morgan fingerprint density at radius 1 is 1.28 bits per heavy atom. The predicted molar refractivity (Wildman–Crippen MR) is 101 cm³/mol. The summed E-state index contributed by atoms with van der Waals surface area (Å²) in [5.74, 6) is 0.783. The number of rotatable bonds is 4. The second-order valence-corrected chi connectivity index (χ2v) is 7.14. The molecule has 2 aromatic carbocycles. The summed E-state index contributed by atoms with van der Waals surface area (Å²) in [7, 11) is 0. The molecular weight excluding hydrogens is 359 g/mol. The second kappa shape index (κ2) is 8.02. The van der Waals surface area contributed by atoms with Crippen LogP contribution in [0.4, 0.5) is 4.39 Å². The van der Waals surface area contributed by atoms with E-state index in [2.05, 4.69) is 4.99 Å². The molecule has 3 nitrogen and oxygen atoms in total. The zero-order chi connectivity index (χ0) is 17.8. The maximum Gasteiger partial charge on any atom is 0.225 e. The minimum absolute atomic E-state index is 0.0181. The predicted octanol–water partition coefficient (Wildman–Crippen LogP) is 4.77. The summed E-state index contributed by atoms with van der Waals surface area (Å²) in [6.45, 7) is 2.93. The first-order valence-corrected chi connectivity index (χ1v) is 9.42. The molecule has 0 radical (unpaired) electrons. The monoisotopic (exact) mass is 376 g/mol. The second-order valence-electron chi connectivity index (χ2n) is 5.71. The average molecular weight is 377 g/mol. The highest BCUT2D eigenvalue weighted by Crippen LogP contribution is 2.31. The van der Waals surface area contributed by atoms with E-state index in [0.29, 0.717) is 35.3 Å². The smallest absolute Gasteiger partial charge is 0.225 e. The van der Waals surface area contributed by atoms with Gasteiger partial charge in [-0.05, 0) is 24.6 Å². The van der Waals surface area contributed by atoms with Crippen LogP contribution < -0.4 is 0 Å². The molecule has 130 valence electrons. The summed E-state index contributed by atoms with van der Waals surface area (Å²) in [6.07, 6.45) is 0.864. The molecule has 0 bridgehead atoms. The number of nitrogens with zero attached hydrogens (tertiary/aromatic N) is 2. The van der Waals surface area contributed by atoms with Crippen LogP contribution in [0.25, 0.3) is 0 Å². The third kappa shape index (κ3) is 4.05. The highest BCUT2D eigenvalue weighted by molar-refractivity contribution is 7.98. The van der Waals surface area contributed by atoms with Gasteiger partial charge in [0, 0.05) is 46.8 Å². The van der Waals surface area contributed by atoms with Gasteiger partial charge < -0.3 is 0 Å². The van der Waals surface area contributed by atoms with Gasteiger partial charge in [0.2, 0.25) is 5.91 Å². The Morgan fingerprint density at radius 2 is 2.08 bits per heavy atom. The highest BCUT2D eigenvalue weighted by atomic mass is 35.5. The number of amides is 1. The minimum Gasteiger partial charge on any atom is -0.297 e. The van der Waals surface area contributed by atoms with Crippen LogP contribution in [0.1, 0.15) is 24.5 Å². The quantitative estimate of drug-likeness (QED) is 0.720. The van der Waals surface area contributed by atoms with Gasteiger partial charge in [-0.1, -0.05) is 35.9 Å². The summed E-state index contributed by atoms with van der Waals surface area (Å²) in [5, 5.41) is 0.422. The fraction of sp³-hybridized carbons (Fsp3) is 0.263. The molecule has 0 saturated carbocycles. The average Bonchev–Trinajstić information content (AvgIpc) is 2.61. The molecule has 0 aliphatic carbocycles. The lowest BCUT2D eigenvalue weighted by Crippen LogP contribution is -2.39. The first kappa shape index (κ1) is 18.0. The molecule has 0 unspecified atom stereocenters. The largest absolute Gasteiger partial charge is 0.297 e. The first-order chi connectivity index (χ1) is 12.1. The molecule has 3 rings (SSSR count). The molecule has 1 aliphatic heterocycles. The van der Waals surface area contributed by atoms with Crippen molar-refractivity contribution in [3.63, 3.8) is 0 Å². The number of thioether (sulfide) groups is 1. The van der Waals surface area contributed by atoms with Crippen molar-refractivity contribution in [1.29, 1.82) is 0 Å². The minimum atomic E-state index is -0.308. The summed E-state index contributed by atoms with van der Waals surface area (Å²) in [6, 6.07) is 12.5. The lowest BCUT2D eigenvalue weighted by Gasteiger charge is -2.27. The van der Waals surface area contributed by atoms with Gasteiger partial charge in [-0.15, -0.1) is 11.8 Å². The summed E-state index contributed by atoms with van der Waals surface area (Å²) in [5.41, 5.74) is 1.38. The van der Waals surface area contributed by atoms with Crippen LogP contribution >= 0.6 is 23.4 Å². The summed E-state index contributed by atoms with van der Waals surface area (Å²) in [4.78, 5) is 19.2. The van der Waals surface area contributed by atoms with E-state index in [1.165, 1.54) is 17.8 Å². The van der Waals surface area contributed by atoms with Crippen molar-refractivity contribution in [2.24, 2.45) is 4.99 Å². The van der Waals surface area contributed by atoms with E-state index < -0.39 is 0 Å². The lowest BCUT2D eigenvalue weighted by molar-refractivity contribution is -0.125. The highest BCUT2D eigenvalue weighted by Gasteiger charge is 2.22. The Labute approximate surface area is 155 Å². The Morgan fingerprint density at radius 3 is 2.84 bits per heavy atom. The van der Waals surface area contributed by atoms with Gasteiger partial charge in [-0.2, -0.15) is 0 Å². The molecule has 0 aromatic heterocycles. The van der Waals surface area contributed by atoms with Gasteiger partial charge in [-0.25, -0.2) is 4.39 Å². The number of carbonyl (C=O) groups is 1. The van der Waals surface area contributed by atoms with Crippen molar-refractivity contribution >= 4 is 35.1 Å². The zero-order valence-corrected chi connectivity index (χ0v) is 15.4. The first-order valence-electron chi connectivity index (χ1n) is 8.05. The third-order valence-electron chi connectivity index (χ3n) is 4.00. The maximum atomic E-state index is 14.0. The molecule has 0 spiro atoms. The molecule has 1 aliphatic rings. The number of aliphatic imine (C=N–C) groups is 1. The van der Waals surface area contributed by atoms with Crippen molar-refractivity contribution in [1.82, 2.24) is 4.90 Å². The van der Waals surface area contributed by atoms with Crippen LogP contribution in [0.5, 0.6) is 0 Å². The molecule has 1 amide bonds. The van der Waals surface area contributed by atoms with E-state index in [0.717, 1.165) is 16.9 Å². The van der Waals surface area contributed by atoms with Crippen LogP contribution in [0.2, 0.25) is 5.02 Å². The number of halogens is 2. The van der Waals surface area contributed by atoms with Crippen LogP contribution in [-0.2, 0) is 10.5 Å². The van der Waals surface area contributed by atoms with Gasteiger partial charge >= 0.3 is 0 Å².